The van der Waals surface area contributed by atoms with Gasteiger partial charge in [-0.1, -0.05) is 80.1 Å². The van der Waals surface area contributed by atoms with Crippen LogP contribution in [-0.4, -0.2) is 239 Å². The molecular formula is C70H129BN8NaO15. The van der Waals surface area contributed by atoms with Gasteiger partial charge in [0.15, 0.2) is 0 Å². The Morgan fingerprint density at radius 3 is 1.38 bits per heavy atom. The minimum Gasteiger partial charge on any atom is -0.550 e. The summed E-state index contributed by atoms with van der Waals surface area (Å²) in [6.07, 6.45) is 19.9. The molecule has 4 bridgehead atoms. The zero-order chi connectivity index (χ0) is 69.3. The first-order chi connectivity index (χ1) is 43.9. The smallest absolute Gasteiger partial charge is 0.550 e. The van der Waals surface area contributed by atoms with E-state index in [4.69, 9.17) is 19.6 Å². The van der Waals surface area contributed by atoms with E-state index in [2.05, 4.69) is 110 Å². The van der Waals surface area contributed by atoms with Crippen molar-refractivity contribution in [1.82, 2.24) is 40.8 Å². The minimum atomic E-state index is -1.08. The van der Waals surface area contributed by atoms with Gasteiger partial charge in [-0.25, -0.2) is 19.4 Å². The zero-order valence-corrected chi connectivity index (χ0v) is 63.6. The number of rotatable bonds is 27. The molecule has 8 aliphatic carbocycles. The van der Waals surface area contributed by atoms with Crippen molar-refractivity contribution in [3.8, 4) is 0 Å². The van der Waals surface area contributed by atoms with E-state index in [1.54, 1.807) is 24.0 Å². The van der Waals surface area contributed by atoms with Crippen LogP contribution < -0.4 is 50.6 Å². The molecule has 0 aromatic heterocycles. The topological polar surface area (TPSA) is 296 Å². The Kier molecular flexibility index (Phi) is 41.2. The first-order valence-corrected chi connectivity index (χ1v) is 35.7. The van der Waals surface area contributed by atoms with Crippen LogP contribution in [-0.2, 0) is 48.2 Å². The van der Waals surface area contributed by atoms with Crippen molar-refractivity contribution in [3.63, 3.8) is 0 Å². The van der Waals surface area contributed by atoms with Crippen molar-refractivity contribution in [2.45, 2.75) is 240 Å². The van der Waals surface area contributed by atoms with Crippen molar-refractivity contribution < 1.29 is 103 Å². The Hall–Kier alpha value is -2.40. The van der Waals surface area contributed by atoms with Gasteiger partial charge in [0.25, 0.3) is 0 Å². The van der Waals surface area contributed by atoms with E-state index in [-0.39, 0.29) is 75.1 Å². The molecule has 23 nitrogen and oxygen atoms in total. The molecule has 95 heavy (non-hydrogen) atoms. The summed E-state index contributed by atoms with van der Waals surface area (Å²) >= 11 is 0. The zero-order valence-electron chi connectivity index (χ0n) is 61.6. The van der Waals surface area contributed by atoms with E-state index in [0.29, 0.717) is 65.3 Å². The third-order valence-electron chi connectivity index (χ3n) is 22.2. The molecule has 8 saturated carbocycles. The number of hydrogen-bond donors (Lipinski definition) is 7. The maximum Gasteiger partial charge on any atom is 1.00 e. The quantitative estimate of drug-likeness (QED) is 0.0202. The number of nitrogens with zero attached hydrogens (tertiary/aromatic N) is 5. The monoisotopic (exact) mass is 1360 g/mol. The van der Waals surface area contributed by atoms with Gasteiger partial charge < -0.3 is 65.8 Å². The van der Waals surface area contributed by atoms with Crippen molar-refractivity contribution in [1.29, 1.82) is 0 Å². The standard InChI is InChI=1S/C32H60N4O4.C25H48N4O4.C7H12O.C4H6O4.C2H4O2.B.Na/c1-22-26-18-25(32(26,3)4)19-27(22)33-31(39)30-29(23(2)38)28(21-37)40-36(30)15-11-10-14-35(17-16-34(5)6)20-24-12-8-7-9-13-24;1-16-19-13-18(25(19,3)4)14-20(16)27-24(32)23-22(17(2)31)21(15-30)33-29(23)11-8-7-9-26-10-12-28(5)6;8-6-7-4-2-1-3-5-7;1-3(5)7-8-4(2)6;1-2(3)4;;/h22-30,37-38H,7-21H2,1-6H3,(H,33,39);16-23,26,30-31H,7-15H2,1-6H3,(H,27,32);6-7H,1-5H2;1-2H3;1H3,(H,3,4);;/q;;;;;;+1/p-1/t22-,23-,25+,26-,27-,28-,29+,30-;16-,17-,18+,19-,20-,21-,22+,23-;;;;;/m00...../s1. The SMILES string of the molecule is CC(=O)OOC(C)=O.CC(=O)[O-].C[C@@H]1[C@@H](NC(=O)[C@@H]2[C@H]([C@H](C)O)[C@H](CO)ON2CCCCN(CCN(C)C)CC2CCCCC2)C[C@H]2C[C@@H]1C2(C)C.C[C@@H]1[C@@H](NC(=O)[C@@H]2[C@H]([C@H](C)O)[C@H](CO)ON2CCCCNCCN(C)C)C[C@H]2C[C@@H]1C2(C)C.O=CC1CCCCC1.[B].[Na+]. The van der Waals surface area contributed by atoms with Crippen LogP contribution in [0.1, 0.15) is 192 Å². The fourth-order valence-corrected chi connectivity index (χ4v) is 16.4. The Balaban J connectivity index is 0.000000497. The number of amides is 2. The van der Waals surface area contributed by atoms with Crippen molar-refractivity contribution in [2.75, 3.05) is 100 Å². The Morgan fingerprint density at radius 1 is 0.621 bits per heavy atom. The first-order valence-electron chi connectivity index (χ1n) is 35.7. The van der Waals surface area contributed by atoms with Gasteiger partial charge >= 0.3 is 41.5 Å². The maximum absolute atomic E-state index is 13.8. The number of aliphatic hydroxyl groups is 4. The summed E-state index contributed by atoms with van der Waals surface area (Å²) in [4.78, 5) is 92.9. The largest absolute Gasteiger partial charge is 1.00 e. The molecule has 0 unspecified atom stereocenters. The summed E-state index contributed by atoms with van der Waals surface area (Å²) in [5, 5.41) is 63.6. The van der Waals surface area contributed by atoms with Crippen LogP contribution in [0.2, 0.25) is 0 Å². The van der Waals surface area contributed by atoms with E-state index in [9.17, 15) is 44.4 Å². The van der Waals surface area contributed by atoms with Crippen LogP contribution in [0, 0.1) is 70.0 Å². The number of hydroxylamine groups is 4. The van der Waals surface area contributed by atoms with E-state index >= 15 is 0 Å². The molecule has 0 aromatic rings. The Labute approximate surface area is 595 Å². The van der Waals surface area contributed by atoms with Gasteiger partial charge in [-0.3, -0.25) is 19.3 Å². The molecular weight excluding hydrogens is 1230 g/mol. The second-order valence-corrected chi connectivity index (χ2v) is 30.4. The van der Waals surface area contributed by atoms with E-state index in [1.165, 1.54) is 70.8 Å². The summed E-state index contributed by atoms with van der Waals surface area (Å²) in [6.45, 7) is 28.8. The summed E-state index contributed by atoms with van der Waals surface area (Å²) in [6, 6.07) is -0.830. The number of carbonyl (C=O) groups excluding carboxylic acids is 6. The van der Waals surface area contributed by atoms with Crippen LogP contribution in [0.15, 0.2) is 0 Å². The molecule has 16 atom stereocenters. The maximum atomic E-state index is 13.8. The predicted octanol–water partition coefficient (Wildman–Crippen LogP) is 1.62. The van der Waals surface area contributed by atoms with Crippen LogP contribution in [0.3, 0.4) is 0 Å². The number of aliphatic hydroxyl groups excluding tert-OH is 4. The van der Waals surface area contributed by atoms with E-state index in [0.717, 1.165) is 124 Å². The number of fused-ring (bicyclic) bond motifs is 4. The molecule has 3 radical (unpaired) electrons. The number of aliphatic carboxylic acids is 1. The second kappa shape index (κ2) is 44.1. The van der Waals surface area contributed by atoms with Crippen molar-refractivity contribution in [2.24, 2.45) is 70.0 Å². The molecule has 10 aliphatic rings. The average Bonchev–Trinajstić information content (AvgIpc) is 1.46. The Morgan fingerprint density at radius 2 is 1.03 bits per heavy atom. The third kappa shape index (κ3) is 27.8. The molecule has 0 spiro atoms. The number of unbranched alkanes of at least 4 members (excludes halogenated alkanes) is 2. The van der Waals surface area contributed by atoms with Gasteiger partial charge in [-0.05, 0) is 191 Å². The number of aldehydes is 1. The molecule has 25 heteroatoms. The fourth-order valence-electron chi connectivity index (χ4n) is 16.4. The van der Waals surface area contributed by atoms with Gasteiger partial charge in [0, 0.05) is 104 Å². The van der Waals surface area contributed by atoms with Gasteiger partial charge in [-0.2, -0.15) is 10.1 Å². The summed E-state index contributed by atoms with van der Waals surface area (Å²) in [7, 11) is 8.41. The number of nitrogens with one attached hydrogen (secondary N) is 3. The Bertz CT molecular complexity index is 2210. The van der Waals surface area contributed by atoms with Gasteiger partial charge in [0.05, 0.1) is 25.4 Å². The summed E-state index contributed by atoms with van der Waals surface area (Å²) in [5.74, 6) is 1.35. The van der Waals surface area contributed by atoms with Crippen molar-refractivity contribution in [3.05, 3.63) is 0 Å². The third-order valence-corrected chi connectivity index (χ3v) is 22.2. The first kappa shape index (κ1) is 88.7. The van der Waals surface area contributed by atoms with Crippen LogP contribution in [0.4, 0.5) is 0 Å². The van der Waals surface area contributed by atoms with Gasteiger partial charge in [-0.15, -0.1) is 0 Å². The molecule has 7 N–H and O–H groups in total. The minimum absolute atomic E-state index is 0. The average molecular weight is 1360 g/mol. The molecule has 0 aromatic carbocycles. The van der Waals surface area contributed by atoms with Crippen LogP contribution >= 0.6 is 0 Å². The molecule has 10 fully saturated rings. The molecule has 2 saturated heterocycles. The molecule has 10 rings (SSSR count). The normalized spacial score (nSPS) is 30.4. The molecule has 2 heterocycles. The molecule has 543 valence electrons. The summed E-state index contributed by atoms with van der Waals surface area (Å²) < 4.78 is 0. The number of likely N-dealkylation sites (N-methyl/N-ethyl adjacent to an activating group) is 2. The van der Waals surface area contributed by atoms with Gasteiger partial charge in [0.2, 0.25) is 11.8 Å². The van der Waals surface area contributed by atoms with Gasteiger partial charge in [0.1, 0.15) is 30.6 Å². The van der Waals surface area contributed by atoms with Crippen LogP contribution in [0.25, 0.3) is 0 Å². The number of carbonyl (C=O) groups is 6. The van der Waals surface area contributed by atoms with E-state index in [1.807, 2.05) is 0 Å². The number of carboxylic acid groups (broad SMARTS) is 1. The second-order valence-electron chi connectivity index (χ2n) is 30.4. The van der Waals surface area contributed by atoms with Crippen molar-refractivity contribution >= 4 is 44.4 Å². The molecule has 2 aliphatic heterocycles. The molecule has 2 amide bonds. The number of hydrogen-bond acceptors (Lipinski definition) is 21. The van der Waals surface area contributed by atoms with E-state index < -0.39 is 66.2 Å². The fraction of sp³-hybridized carbons (Fsp3) is 0.914. The number of carboxylic acids is 1. The predicted molar refractivity (Wildman–Crippen MR) is 361 cm³/mol. The van der Waals surface area contributed by atoms with Crippen LogP contribution in [0.5, 0.6) is 0 Å². The summed E-state index contributed by atoms with van der Waals surface area (Å²) in [5.41, 5.74) is 0.735.